The van der Waals surface area contributed by atoms with Gasteiger partial charge in [0, 0.05) is 8.95 Å². The molecular formula is C12H10ClIN2OS. The second kappa shape index (κ2) is 6.49. The van der Waals surface area contributed by atoms with Crippen molar-refractivity contribution >= 4 is 57.1 Å². The molecule has 1 aromatic carbocycles. The summed E-state index contributed by atoms with van der Waals surface area (Å²) in [6, 6.07) is 7.66. The Balaban J connectivity index is 1.99. The van der Waals surface area contributed by atoms with Gasteiger partial charge in [-0.3, -0.25) is 4.79 Å². The quantitative estimate of drug-likeness (QED) is 0.637. The van der Waals surface area contributed by atoms with Gasteiger partial charge >= 0.3 is 0 Å². The molecule has 0 unspecified atom stereocenters. The molecule has 0 bridgehead atoms. The Bertz CT molecular complexity index is 559. The third kappa shape index (κ3) is 3.66. The molecule has 0 fully saturated rings. The van der Waals surface area contributed by atoms with E-state index >= 15 is 0 Å². The van der Waals surface area contributed by atoms with E-state index < -0.39 is 0 Å². The van der Waals surface area contributed by atoms with Crippen LogP contribution in [0, 0.1) is 3.57 Å². The number of nitrogens with zero attached hydrogens (tertiary/aromatic N) is 1. The topological polar surface area (TPSA) is 42.0 Å². The Morgan fingerprint density at radius 3 is 2.89 bits per heavy atom. The van der Waals surface area contributed by atoms with Gasteiger partial charge in [-0.15, -0.1) is 22.9 Å². The molecular weight excluding hydrogens is 383 g/mol. The number of hydrogen-bond acceptors (Lipinski definition) is 3. The van der Waals surface area contributed by atoms with Crippen molar-refractivity contribution in [2.24, 2.45) is 0 Å². The highest BCUT2D eigenvalue weighted by molar-refractivity contribution is 14.1. The number of benzene rings is 1. The fourth-order valence-electron chi connectivity index (χ4n) is 1.39. The predicted octanol–water partition coefficient (Wildman–Crippen LogP) is 3.67. The van der Waals surface area contributed by atoms with Crippen molar-refractivity contribution in [3.63, 3.8) is 0 Å². The van der Waals surface area contributed by atoms with Gasteiger partial charge in [0.2, 0.25) is 5.91 Å². The van der Waals surface area contributed by atoms with E-state index in [0.29, 0.717) is 5.88 Å². The van der Waals surface area contributed by atoms with E-state index in [0.717, 1.165) is 20.0 Å². The molecule has 2 aromatic rings. The molecule has 0 radical (unpaired) electrons. The summed E-state index contributed by atoms with van der Waals surface area (Å²) >= 11 is 9.32. The molecule has 1 aromatic heterocycles. The minimum atomic E-state index is -0.0606. The zero-order chi connectivity index (χ0) is 13.0. The zero-order valence-corrected chi connectivity index (χ0v) is 13.1. The normalized spacial score (nSPS) is 10.3. The monoisotopic (exact) mass is 392 g/mol. The molecule has 0 aliphatic rings. The van der Waals surface area contributed by atoms with Gasteiger partial charge in [0.05, 0.1) is 23.7 Å². The number of rotatable bonds is 4. The molecule has 1 amide bonds. The van der Waals surface area contributed by atoms with Crippen molar-refractivity contribution in [2.45, 2.75) is 12.3 Å². The Labute approximate surface area is 128 Å². The Morgan fingerprint density at radius 2 is 2.22 bits per heavy atom. The molecule has 1 heterocycles. The predicted molar refractivity (Wildman–Crippen MR) is 83.2 cm³/mol. The van der Waals surface area contributed by atoms with Crippen molar-refractivity contribution in [1.82, 2.24) is 4.98 Å². The Morgan fingerprint density at radius 1 is 1.44 bits per heavy atom. The smallest absolute Gasteiger partial charge is 0.231 e. The number of hydrogen-bond donors (Lipinski definition) is 1. The molecule has 0 aliphatic carbocycles. The maximum atomic E-state index is 11.9. The fraction of sp³-hybridized carbons (Fsp3) is 0.167. The second-order valence-corrected chi connectivity index (χ2v) is 5.94. The summed E-state index contributed by atoms with van der Waals surface area (Å²) in [7, 11) is 0. The van der Waals surface area contributed by atoms with Crippen LogP contribution in [0.5, 0.6) is 0 Å². The SMILES string of the molecule is O=C(Cc1nc(CCl)cs1)Nc1ccccc1I. The average Bonchev–Trinajstić information content (AvgIpc) is 2.80. The Hall–Kier alpha value is -0.660. The number of halogens is 2. The summed E-state index contributed by atoms with van der Waals surface area (Å²) in [6.07, 6.45) is 0.284. The van der Waals surface area contributed by atoms with Crippen LogP contribution in [-0.2, 0) is 17.1 Å². The van der Waals surface area contributed by atoms with Crippen molar-refractivity contribution in [3.05, 3.63) is 43.9 Å². The zero-order valence-electron chi connectivity index (χ0n) is 9.32. The number of amides is 1. The van der Waals surface area contributed by atoms with Crippen LogP contribution < -0.4 is 5.32 Å². The molecule has 2 rings (SSSR count). The van der Waals surface area contributed by atoms with Crippen molar-refractivity contribution in [3.8, 4) is 0 Å². The highest BCUT2D eigenvalue weighted by Crippen LogP contribution is 2.18. The molecule has 0 atom stereocenters. The van der Waals surface area contributed by atoms with Crippen LogP contribution in [-0.4, -0.2) is 10.9 Å². The van der Waals surface area contributed by atoms with Crippen LogP contribution >= 0.6 is 45.5 Å². The molecule has 0 saturated heterocycles. The van der Waals surface area contributed by atoms with Gasteiger partial charge in [0.25, 0.3) is 0 Å². The lowest BCUT2D eigenvalue weighted by atomic mass is 10.3. The van der Waals surface area contributed by atoms with E-state index in [4.69, 9.17) is 11.6 Å². The fourth-order valence-corrected chi connectivity index (χ4v) is 2.93. The Kier molecular flexibility index (Phi) is 4.96. The van der Waals surface area contributed by atoms with Crippen molar-refractivity contribution in [2.75, 3.05) is 5.32 Å². The van der Waals surface area contributed by atoms with Gasteiger partial charge in [0.1, 0.15) is 5.01 Å². The molecule has 0 saturated carbocycles. The van der Waals surface area contributed by atoms with Crippen LogP contribution in [0.4, 0.5) is 5.69 Å². The third-order valence-corrected chi connectivity index (χ3v) is 4.31. The number of carbonyl (C=O) groups is 1. The summed E-state index contributed by atoms with van der Waals surface area (Å²) in [5, 5.41) is 5.54. The minimum absolute atomic E-state index is 0.0606. The highest BCUT2D eigenvalue weighted by atomic mass is 127. The van der Waals surface area contributed by atoms with Crippen LogP contribution in [0.2, 0.25) is 0 Å². The standard InChI is InChI=1S/C12H10ClIN2OS/c13-6-8-7-18-12(15-8)5-11(17)16-10-4-2-1-3-9(10)14/h1-4,7H,5-6H2,(H,16,17). The molecule has 0 aliphatic heterocycles. The van der Waals surface area contributed by atoms with E-state index in [1.54, 1.807) is 0 Å². The summed E-state index contributed by atoms with van der Waals surface area (Å²) in [5.41, 5.74) is 1.65. The lowest BCUT2D eigenvalue weighted by molar-refractivity contribution is -0.115. The van der Waals surface area contributed by atoms with Gasteiger partial charge in [-0.2, -0.15) is 0 Å². The maximum Gasteiger partial charge on any atom is 0.231 e. The molecule has 1 N–H and O–H groups in total. The first-order valence-corrected chi connectivity index (χ1v) is 7.72. The summed E-state index contributed by atoms with van der Waals surface area (Å²) < 4.78 is 1.02. The maximum absolute atomic E-state index is 11.9. The first-order chi connectivity index (χ1) is 8.69. The number of carbonyl (C=O) groups excluding carboxylic acids is 1. The van der Waals surface area contributed by atoms with E-state index in [2.05, 4.69) is 32.9 Å². The molecule has 6 heteroatoms. The first kappa shape index (κ1) is 13.8. The molecule has 18 heavy (non-hydrogen) atoms. The first-order valence-electron chi connectivity index (χ1n) is 5.22. The van der Waals surface area contributed by atoms with Gasteiger partial charge < -0.3 is 5.32 Å². The number of nitrogens with one attached hydrogen (secondary N) is 1. The van der Waals surface area contributed by atoms with Crippen LogP contribution in [0.15, 0.2) is 29.6 Å². The van der Waals surface area contributed by atoms with Gasteiger partial charge in [-0.05, 0) is 34.7 Å². The summed E-state index contributed by atoms with van der Waals surface area (Å²) in [5.74, 6) is 0.323. The summed E-state index contributed by atoms with van der Waals surface area (Å²) in [6.45, 7) is 0. The van der Waals surface area contributed by atoms with Crippen LogP contribution in [0.3, 0.4) is 0 Å². The number of thiazole rings is 1. The number of para-hydroxylation sites is 1. The van der Waals surface area contributed by atoms with Crippen molar-refractivity contribution < 1.29 is 4.79 Å². The molecule has 94 valence electrons. The summed E-state index contributed by atoms with van der Waals surface area (Å²) in [4.78, 5) is 16.1. The van der Waals surface area contributed by atoms with Gasteiger partial charge in [-0.25, -0.2) is 4.98 Å². The lowest BCUT2D eigenvalue weighted by Gasteiger charge is -2.05. The largest absolute Gasteiger partial charge is 0.325 e. The van der Waals surface area contributed by atoms with Crippen molar-refractivity contribution in [1.29, 1.82) is 0 Å². The third-order valence-electron chi connectivity index (χ3n) is 2.20. The lowest BCUT2D eigenvalue weighted by Crippen LogP contribution is -2.15. The van der Waals surface area contributed by atoms with E-state index in [9.17, 15) is 4.79 Å². The molecule has 0 spiro atoms. The van der Waals surface area contributed by atoms with Gasteiger partial charge in [-0.1, -0.05) is 12.1 Å². The van der Waals surface area contributed by atoms with E-state index in [1.165, 1.54) is 11.3 Å². The van der Waals surface area contributed by atoms with Gasteiger partial charge in [0.15, 0.2) is 0 Å². The average molecular weight is 393 g/mol. The van der Waals surface area contributed by atoms with Crippen LogP contribution in [0.1, 0.15) is 10.7 Å². The van der Waals surface area contributed by atoms with Crippen LogP contribution in [0.25, 0.3) is 0 Å². The number of aromatic nitrogens is 1. The van der Waals surface area contributed by atoms with E-state index in [-0.39, 0.29) is 12.3 Å². The minimum Gasteiger partial charge on any atom is -0.325 e. The highest BCUT2D eigenvalue weighted by Gasteiger charge is 2.09. The second-order valence-electron chi connectivity index (χ2n) is 3.57. The van der Waals surface area contributed by atoms with E-state index in [1.807, 2.05) is 29.6 Å². The number of anilines is 1. The number of alkyl halides is 1. The molecule has 3 nitrogen and oxygen atoms in total.